The first-order valence-corrected chi connectivity index (χ1v) is 12.1. The maximum atomic E-state index is 12.5. The van der Waals surface area contributed by atoms with Crippen LogP contribution in [-0.4, -0.2) is 30.3 Å². The van der Waals surface area contributed by atoms with Crippen LogP contribution in [0.1, 0.15) is 82.5 Å². The Hall–Kier alpha value is -2.82. The molecule has 1 fully saturated rings. The van der Waals surface area contributed by atoms with Crippen LogP contribution in [0.4, 0.5) is 0 Å². The van der Waals surface area contributed by atoms with Crippen molar-refractivity contribution in [1.29, 1.82) is 0 Å². The van der Waals surface area contributed by atoms with Crippen molar-refractivity contribution in [1.82, 2.24) is 0 Å². The first kappa shape index (κ1) is 24.8. The number of esters is 2. The molecule has 0 aromatic heterocycles. The number of carbonyl (C=O) groups excluding carboxylic acids is 2. The van der Waals surface area contributed by atoms with E-state index in [1.54, 1.807) is 12.1 Å². The highest BCUT2D eigenvalue weighted by Crippen LogP contribution is 2.27. The Labute approximate surface area is 197 Å². The molecule has 1 aliphatic heterocycles. The second kappa shape index (κ2) is 11.9. The van der Waals surface area contributed by atoms with E-state index < -0.39 is 23.6 Å². The molecule has 0 saturated carbocycles. The van der Waals surface area contributed by atoms with Crippen LogP contribution in [0.25, 0.3) is 11.1 Å². The van der Waals surface area contributed by atoms with Crippen molar-refractivity contribution < 1.29 is 23.8 Å². The summed E-state index contributed by atoms with van der Waals surface area (Å²) in [5, 5.41) is 0. The summed E-state index contributed by atoms with van der Waals surface area (Å²) in [6.45, 7) is 6.69. The molecular weight excluding hydrogens is 416 g/mol. The van der Waals surface area contributed by atoms with Gasteiger partial charge in [-0.1, -0.05) is 63.3 Å². The summed E-state index contributed by atoms with van der Waals surface area (Å²) >= 11 is 0. The highest BCUT2D eigenvalue weighted by molar-refractivity contribution is 5.92. The molecule has 1 heterocycles. The van der Waals surface area contributed by atoms with Gasteiger partial charge in [-0.15, -0.1) is 0 Å². The fraction of sp³-hybridized carbons (Fsp3) is 0.500. The van der Waals surface area contributed by atoms with E-state index in [1.807, 2.05) is 50.2 Å². The van der Waals surface area contributed by atoms with E-state index in [1.165, 1.54) is 32.1 Å². The van der Waals surface area contributed by atoms with Crippen molar-refractivity contribution in [2.45, 2.75) is 83.8 Å². The third-order valence-corrected chi connectivity index (χ3v) is 5.97. The van der Waals surface area contributed by atoms with Crippen LogP contribution in [0.5, 0.6) is 5.75 Å². The third-order valence-electron chi connectivity index (χ3n) is 5.97. The van der Waals surface area contributed by atoms with E-state index >= 15 is 0 Å². The van der Waals surface area contributed by atoms with Gasteiger partial charge in [-0.05, 0) is 68.5 Å². The van der Waals surface area contributed by atoms with Crippen molar-refractivity contribution in [3.05, 3.63) is 54.1 Å². The van der Waals surface area contributed by atoms with Crippen molar-refractivity contribution >= 4 is 11.9 Å². The van der Waals surface area contributed by atoms with Gasteiger partial charge in [0.05, 0.1) is 12.2 Å². The van der Waals surface area contributed by atoms with Crippen LogP contribution >= 0.6 is 0 Å². The average Bonchev–Trinajstić information content (AvgIpc) is 2.80. The largest absolute Gasteiger partial charge is 0.494 e. The molecule has 1 saturated heterocycles. The lowest BCUT2D eigenvalue weighted by atomic mass is 9.96. The second-order valence-corrected chi connectivity index (χ2v) is 9.33. The van der Waals surface area contributed by atoms with Crippen molar-refractivity contribution in [3.63, 3.8) is 0 Å². The SMILES string of the molecule is CCCCCCCCOc1ccc(-c2ccc(C(=O)OC3CCC(C)(C)OC3=O)cc2)cc1. The number of benzene rings is 2. The molecule has 0 spiro atoms. The van der Waals surface area contributed by atoms with Gasteiger partial charge in [-0.25, -0.2) is 9.59 Å². The molecule has 0 bridgehead atoms. The Morgan fingerprint density at radius 2 is 1.55 bits per heavy atom. The van der Waals surface area contributed by atoms with Crippen LogP contribution < -0.4 is 4.74 Å². The van der Waals surface area contributed by atoms with Gasteiger partial charge in [0.15, 0.2) is 6.10 Å². The number of hydrogen-bond acceptors (Lipinski definition) is 5. The molecule has 0 amide bonds. The molecule has 2 aromatic carbocycles. The Kier molecular flexibility index (Phi) is 8.93. The van der Waals surface area contributed by atoms with Crippen LogP contribution in [0.15, 0.2) is 48.5 Å². The summed E-state index contributed by atoms with van der Waals surface area (Å²) in [6, 6.07) is 15.2. The zero-order chi connectivity index (χ0) is 23.7. The minimum absolute atomic E-state index is 0.412. The lowest BCUT2D eigenvalue weighted by molar-refractivity contribution is -0.177. The van der Waals surface area contributed by atoms with Crippen LogP contribution in [0.3, 0.4) is 0 Å². The monoisotopic (exact) mass is 452 g/mol. The molecule has 0 N–H and O–H groups in total. The smallest absolute Gasteiger partial charge is 0.347 e. The van der Waals surface area contributed by atoms with E-state index in [2.05, 4.69) is 6.92 Å². The molecule has 1 atom stereocenters. The topological polar surface area (TPSA) is 61.8 Å². The number of unbranched alkanes of at least 4 members (excludes halogenated alkanes) is 5. The summed E-state index contributed by atoms with van der Waals surface area (Å²) in [5.74, 6) is -0.119. The molecule has 2 aromatic rings. The van der Waals surface area contributed by atoms with Gasteiger partial charge in [0.1, 0.15) is 11.4 Å². The normalized spacial score (nSPS) is 17.3. The Morgan fingerprint density at radius 3 is 2.18 bits per heavy atom. The van der Waals surface area contributed by atoms with E-state index in [-0.39, 0.29) is 0 Å². The molecule has 178 valence electrons. The molecule has 5 heteroatoms. The minimum Gasteiger partial charge on any atom is -0.494 e. The minimum atomic E-state index is -0.839. The molecular formula is C28H36O5. The van der Waals surface area contributed by atoms with Crippen molar-refractivity contribution in [2.24, 2.45) is 0 Å². The Balaban J connectivity index is 1.47. The lowest BCUT2D eigenvalue weighted by Gasteiger charge is -2.33. The lowest BCUT2D eigenvalue weighted by Crippen LogP contribution is -2.42. The molecule has 5 nitrogen and oxygen atoms in total. The van der Waals surface area contributed by atoms with Gasteiger partial charge in [0.2, 0.25) is 0 Å². The zero-order valence-corrected chi connectivity index (χ0v) is 20.1. The number of cyclic esters (lactones) is 1. The highest BCUT2D eigenvalue weighted by atomic mass is 16.6. The molecule has 3 rings (SSSR count). The summed E-state index contributed by atoms with van der Waals surface area (Å²) in [5.41, 5.74) is 1.94. The van der Waals surface area contributed by atoms with E-state index in [9.17, 15) is 9.59 Å². The van der Waals surface area contributed by atoms with E-state index in [4.69, 9.17) is 14.2 Å². The second-order valence-electron chi connectivity index (χ2n) is 9.33. The van der Waals surface area contributed by atoms with Crippen molar-refractivity contribution in [2.75, 3.05) is 6.61 Å². The highest BCUT2D eigenvalue weighted by Gasteiger charge is 2.37. The maximum Gasteiger partial charge on any atom is 0.347 e. The standard InChI is InChI=1S/C28H36O5/c1-4-5-6-7-8-9-20-31-24-16-14-22(15-17-24)21-10-12-23(13-11-21)26(29)32-25-18-19-28(2,3)33-27(25)30/h10-17,25H,4-9,18-20H2,1-3H3. The fourth-order valence-corrected chi connectivity index (χ4v) is 3.90. The van der Waals surface area contributed by atoms with Crippen LogP contribution in [-0.2, 0) is 14.3 Å². The van der Waals surface area contributed by atoms with Gasteiger partial charge in [0.25, 0.3) is 0 Å². The third kappa shape index (κ3) is 7.62. The molecule has 0 radical (unpaired) electrons. The predicted molar refractivity (Wildman–Crippen MR) is 129 cm³/mol. The van der Waals surface area contributed by atoms with Crippen LogP contribution in [0, 0.1) is 0 Å². The van der Waals surface area contributed by atoms with E-state index in [0.717, 1.165) is 29.9 Å². The summed E-state index contributed by atoms with van der Waals surface area (Å²) < 4.78 is 16.6. The molecule has 1 aliphatic rings. The van der Waals surface area contributed by atoms with Gasteiger partial charge in [-0.2, -0.15) is 0 Å². The average molecular weight is 453 g/mol. The fourth-order valence-electron chi connectivity index (χ4n) is 3.90. The quantitative estimate of drug-likeness (QED) is 0.279. The zero-order valence-electron chi connectivity index (χ0n) is 20.1. The number of carbonyl (C=O) groups is 2. The van der Waals surface area contributed by atoms with Crippen LogP contribution in [0.2, 0.25) is 0 Å². The number of rotatable bonds is 11. The van der Waals surface area contributed by atoms with Gasteiger partial charge >= 0.3 is 11.9 Å². The summed E-state index contributed by atoms with van der Waals surface area (Å²) in [4.78, 5) is 24.5. The summed E-state index contributed by atoms with van der Waals surface area (Å²) in [7, 11) is 0. The first-order chi connectivity index (χ1) is 15.9. The van der Waals surface area contributed by atoms with E-state index in [0.29, 0.717) is 18.4 Å². The van der Waals surface area contributed by atoms with Crippen molar-refractivity contribution in [3.8, 4) is 16.9 Å². The molecule has 1 unspecified atom stereocenters. The molecule has 0 aliphatic carbocycles. The van der Waals surface area contributed by atoms with Gasteiger partial charge in [-0.3, -0.25) is 0 Å². The van der Waals surface area contributed by atoms with Gasteiger partial charge < -0.3 is 14.2 Å². The Morgan fingerprint density at radius 1 is 0.939 bits per heavy atom. The number of ether oxygens (including phenoxy) is 3. The Bertz CT molecular complexity index is 899. The first-order valence-electron chi connectivity index (χ1n) is 12.1. The predicted octanol–water partition coefficient (Wildman–Crippen LogP) is 6.73. The van der Waals surface area contributed by atoms with Gasteiger partial charge in [0, 0.05) is 0 Å². The maximum absolute atomic E-state index is 12.5. The summed E-state index contributed by atoms with van der Waals surface area (Å²) in [6.07, 6.45) is 7.77. The molecule has 33 heavy (non-hydrogen) atoms. The number of hydrogen-bond donors (Lipinski definition) is 0.